The summed E-state index contributed by atoms with van der Waals surface area (Å²) >= 11 is 11.7. The molecule has 0 saturated heterocycles. The minimum absolute atomic E-state index is 0.531. The Morgan fingerprint density at radius 1 is 1.31 bits per heavy atom. The van der Waals surface area contributed by atoms with E-state index in [1.54, 1.807) is 18.3 Å². The van der Waals surface area contributed by atoms with E-state index in [2.05, 4.69) is 11.1 Å². The summed E-state index contributed by atoms with van der Waals surface area (Å²) in [6.45, 7) is 0. The number of nitrogens with one attached hydrogen (secondary N) is 1. The van der Waals surface area contributed by atoms with E-state index in [4.69, 9.17) is 28.5 Å². The van der Waals surface area contributed by atoms with E-state index in [0.29, 0.717) is 15.6 Å². The number of fused-ring (bicyclic) bond motifs is 1. The number of aromatic nitrogens is 1. The average molecular weight is 211 g/mol. The van der Waals surface area contributed by atoms with E-state index < -0.39 is 0 Å². The van der Waals surface area contributed by atoms with Crippen LogP contribution in [0.15, 0.2) is 18.3 Å². The fourth-order valence-corrected chi connectivity index (χ4v) is 1.80. The van der Waals surface area contributed by atoms with Gasteiger partial charge in [-0.1, -0.05) is 23.2 Å². The van der Waals surface area contributed by atoms with Crippen LogP contribution in [0, 0.1) is 11.3 Å². The molecule has 0 saturated carbocycles. The molecule has 0 fully saturated rings. The summed E-state index contributed by atoms with van der Waals surface area (Å²) in [5, 5.41) is 10.6. The Morgan fingerprint density at radius 3 is 2.77 bits per heavy atom. The molecule has 4 heteroatoms. The van der Waals surface area contributed by atoms with E-state index in [9.17, 15) is 0 Å². The summed E-state index contributed by atoms with van der Waals surface area (Å²) in [6.07, 6.45) is 1.62. The van der Waals surface area contributed by atoms with Crippen LogP contribution in [0.25, 0.3) is 10.9 Å². The first-order chi connectivity index (χ1) is 6.22. The van der Waals surface area contributed by atoms with Crippen LogP contribution in [-0.2, 0) is 0 Å². The first-order valence-electron chi connectivity index (χ1n) is 3.58. The van der Waals surface area contributed by atoms with Crippen LogP contribution < -0.4 is 0 Å². The van der Waals surface area contributed by atoms with Gasteiger partial charge in [-0.3, -0.25) is 0 Å². The average Bonchev–Trinajstić information content (AvgIpc) is 2.47. The van der Waals surface area contributed by atoms with Crippen molar-refractivity contribution >= 4 is 34.1 Å². The standard InChI is InChI=1S/C9H4Cl2N2/c10-6-1-7-5(3-12)4-13-9(7)8(11)2-6/h1-2,4,13H. The van der Waals surface area contributed by atoms with Gasteiger partial charge in [-0.15, -0.1) is 0 Å². The third-order valence-corrected chi connectivity index (χ3v) is 2.34. The molecule has 13 heavy (non-hydrogen) atoms. The number of nitriles is 1. The summed E-state index contributed by atoms with van der Waals surface area (Å²) in [5.74, 6) is 0. The molecule has 2 nitrogen and oxygen atoms in total. The Kier molecular flexibility index (Phi) is 1.91. The van der Waals surface area contributed by atoms with Gasteiger partial charge in [0.25, 0.3) is 0 Å². The maximum atomic E-state index is 8.75. The molecule has 1 N–H and O–H groups in total. The zero-order chi connectivity index (χ0) is 9.42. The smallest absolute Gasteiger partial charge is 0.101 e. The topological polar surface area (TPSA) is 39.6 Å². The van der Waals surface area contributed by atoms with Crippen molar-refractivity contribution in [3.8, 4) is 6.07 Å². The molecule has 1 aromatic heterocycles. The molecule has 64 valence electrons. The predicted molar refractivity (Wildman–Crippen MR) is 53.0 cm³/mol. The van der Waals surface area contributed by atoms with E-state index in [-0.39, 0.29) is 0 Å². The molecule has 0 radical (unpaired) electrons. The lowest BCUT2D eigenvalue weighted by Gasteiger charge is -1.95. The molecular weight excluding hydrogens is 207 g/mol. The molecule has 0 spiro atoms. The number of H-pyrrole nitrogens is 1. The lowest BCUT2D eigenvalue weighted by atomic mass is 10.2. The Hall–Kier alpha value is -1.17. The van der Waals surface area contributed by atoms with Gasteiger partial charge < -0.3 is 4.98 Å². The second-order valence-electron chi connectivity index (χ2n) is 2.62. The molecule has 1 heterocycles. The first kappa shape index (κ1) is 8.43. The highest BCUT2D eigenvalue weighted by Crippen LogP contribution is 2.28. The zero-order valence-corrected chi connectivity index (χ0v) is 7.95. The van der Waals surface area contributed by atoms with Crippen LogP contribution in [0.5, 0.6) is 0 Å². The first-order valence-corrected chi connectivity index (χ1v) is 4.34. The second-order valence-corrected chi connectivity index (χ2v) is 3.47. The number of nitrogens with zero attached hydrogens (tertiary/aromatic N) is 1. The molecule has 0 aliphatic carbocycles. The van der Waals surface area contributed by atoms with Crippen LogP contribution in [0.3, 0.4) is 0 Å². The van der Waals surface area contributed by atoms with Gasteiger partial charge in [-0.2, -0.15) is 5.26 Å². The monoisotopic (exact) mass is 210 g/mol. The quantitative estimate of drug-likeness (QED) is 0.712. The molecule has 2 rings (SSSR count). The third kappa shape index (κ3) is 1.27. The van der Waals surface area contributed by atoms with Crippen molar-refractivity contribution in [2.24, 2.45) is 0 Å². The minimum atomic E-state index is 0.531. The van der Waals surface area contributed by atoms with Crippen molar-refractivity contribution < 1.29 is 0 Å². The minimum Gasteiger partial charge on any atom is -0.359 e. The fourth-order valence-electron chi connectivity index (χ4n) is 1.25. The van der Waals surface area contributed by atoms with E-state index in [1.165, 1.54) is 0 Å². The normalized spacial score (nSPS) is 10.2. The second kappa shape index (κ2) is 2.95. The number of benzene rings is 1. The van der Waals surface area contributed by atoms with Gasteiger partial charge in [0.15, 0.2) is 0 Å². The van der Waals surface area contributed by atoms with E-state index in [1.807, 2.05) is 0 Å². The van der Waals surface area contributed by atoms with E-state index >= 15 is 0 Å². The lowest BCUT2D eigenvalue weighted by Crippen LogP contribution is -1.73. The van der Waals surface area contributed by atoms with Crippen LogP contribution in [-0.4, -0.2) is 4.98 Å². The maximum absolute atomic E-state index is 8.75. The number of aromatic amines is 1. The largest absolute Gasteiger partial charge is 0.359 e. The van der Waals surface area contributed by atoms with Crippen molar-refractivity contribution in [2.75, 3.05) is 0 Å². The number of rotatable bonds is 0. The van der Waals surface area contributed by atoms with Gasteiger partial charge in [0, 0.05) is 16.6 Å². The van der Waals surface area contributed by atoms with Gasteiger partial charge >= 0.3 is 0 Å². The highest BCUT2D eigenvalue weighted by atomic mass is 35.5. The fraction of sp³-hybridized carbons (Fsp3) is 0. The Labute approximate surface area is 84.7 Å². The highest BCUT2D eigenvalue weighted by Gasteiger charge is 2.06. The molecule has 0 unspecified atom stereocenters. The van der Waals surface area contributed by atoms with Gasteiger partial charge in [-0.25, -0.2) is 0 Å². The summed E-state index contributed by atoms with van der Waals surface area (Å²) in [6, 6.07) is 5.42. The van der Waals surface area contributed by atoms with Crippen molar-refractivity contribution in [1.82, 2.24) is 4.98 Å². The van der Waals surface area contributed by atoms with Gasteiger partial charge in [0.2, 0.25) is 0 Å². The Bertz CT molecular complexity index is 508. The van der Waals surface area contributed by atoms with Crippen molar-refractivity contribution in [1.29, 1.82) is 5.26 Å². The molecule has 1 aromatic carbocycles. The van der Waals surface area contributed by atoms with Crippen LogP contribution >= 0.6 is 23.2 Å². The zero-order valence-electron chi connectivity index (χ0n) is 6.44. The van der Waals surface area contributed by atoms with Crippen molar-refractivity contribution in [2.45, 2.75) is 0 Å². The molecule has 0 atom stereocenters. The molecule has 2 aromatic rings. The predicted octanol–water partition coefficient (Wildman–Crippen LogP) is 3.35. The van der Waals surface area contributed by atoms with Gasteiger partial charge in [0.1, 0.15) is 6.07 Å². The lowest BCUT2D eigenvalue weighted by molar-refractivity contribution is 1.45. The van der Waals surface area contributed by atoms with Crippen LogP contribution in [0.2, 0.25) is 10.0 Å². The summed E-state index contributed by atoms with van der Waals surface area (Å²) < 4.78 is 0. The third-order valence-electron chi connectivity index (χ3n) is 1.83. The van der Waals surface area contributed by atoms with Crippen molar-refractivity contribution in [3.63, 3.8) is 0 Å². The maximum Gasteiger partial charge on any atom is 0.101 e. The Morgan fingerprint density at radius 2 is 2.08 bits per heavy atom. The molecular formula is C9H4Cl2N2. The van der Waals surface area contributed by atoms with Crippen LogP contribution in [0.1, 0.15) is 5.56 Å². The SMILES string of the molecule is N#Cc1c[nH]c2c(Cl)cc(Cl)cc12. The van der Waals surface area contributed by atoms with Gasteiger partial charge in [0.05, 0.1) is 16.1 Å². The molecule has 0 amide bonds. The van der Waals surface area contributed by atoms with Gasteiger partial charge in [-0.05, 0) is 12.1 Å². The highest BCUT2D eigenvalue weighted by molar-refractivity contribution is 6.38. The number of hydrogen-bond donors (Lipinski definition) is 1. The molecule has 0 aliphatic heterocycles. The molecule has 0 bridgehead atoms. The summed E-state index contributed by atoms with van der Waals surface area (Å²) in [7, 11) is 0. The summed E-state index contributed by atoms with van der Waals surface area (Å²) in [5.41, 5.74) is 1.31. The number of halogens is 2. The molecule has 0 aliphatic rings. The number of hydrogen-bond acceptors (Lipinski definition) is 1. The summed E-state index contributed by atoms with van der Waals surface area (Å²) in [4.78, 5) is 2.92. The van der Waals surface area contributed by atoms with Crippen molar-refractivity contribution in [3.05, 3.63) is 33.9 Å². The van der Waals surface area contributed by atoms with Crippen LogP contribution in [0.4, 0.5) is 0 Å². The Balaban J connectivity index is 2.92. The van der Waals surface area contributed by atoms with E-state index in [0.717, 1.165) is 10.9 Å².